The molecule has 6 N–H and O–H groups in total. The number of hydrogen-bond donors (Lipinski definition) is 6. The minimum Gasteiger partial charge on any atom is -0.394 e. The molecule has 2 saturated carbocycles. The van der Waals surface area contributed by atoms with Crippen molar-refractivity contribution in [2.24, 2.45) is 28.8 Å². The minimum atomic E-state index is -1.64. The third-order valence-corrected chi connectivity index (χ3v) is 7.31. The maximum atomic E-state index is 12.9. The lowest BCUT2D eigenvalue weighted by Crippen LogP contribution is -2.59. The Morgan fingerprint density at radius 1 is 1.00 bits per heavy atom. The molecule has 0 aromatic rings. The Morgan fingerprint density at radius 2 is 1.69 bits per heavy atom. The highest BCUT2D eigenvalue weighted by Crippen LogP contribution is 2.49. The fraction of sp³-hybridized carbons (Fsp3) is 0.850. The Balaban J connectivity index is 1.56. The van der Waals surface area contributed by atoms with Gasteiger partial charge in [0.05, 0.1) is 36.4 Å². The van der Waals surface area contributed by atoms with E-state index in [0.717, 1.165) is 0 Å². The molecule has 0 aromatic carbocycles. The lowest BCUT2D eigenvalue weighted by Gasteiger charge is -2.45. The number of carbonyl (C=O) groups excluding carboxylic acids is 2. The second-order valence-electron chi connectivity index (χ2n) is 8.96. The smallest absolute Gasteiger partial charge is 0.256 e. The third-order valence-electron chi connectivity index (χ3n) is 7.31. The SMILES string of the molecule is CCN1C(=O)[C@H]2[C@H]3[C@H](O)[C@H](O)CC(=NO[C@@H]4O[C@H](CO)[C@@H](O)[C@H](O)[C@H]4O)[C@H]3CC[C@H]2C1=O. The van der Waals surface area contributed by atoms with Crippen LogP contribution in [-0.2, 0) is 19.2 Å². The summed E-state index contributed by atoms with van der Waals surface area (Å²) in [6.45, 7) is 1.32. The van der Waals surface area contributed by atoms with E-state index in [2.05, 4.69) is 5.16 Å². The first-order chi connectivity index (χ1) is 15.2. The number of aliphatic hydroxyl groups is 6. The zero-order valence-electron chi connectivity index (χ0n) is 17.6. The number of likely N-dealkylation sites (tertiary alicyclic amines) is 1. The Labute approximate surface area is 184 Å². The molecule has 0 unspecified atom stereocenters. The van der Waals surface area contributed by atoms with Crippen LogP contribution in [0.1, 0.15) is 26.2 Å². The van der Waals surface area contributed by atoms with Gasteiger partial charge in [0.25, 0.3) is 6.29 Å². The van der Waals surface area contributed by atoms with Crippen LogP contribution in [0.15, 0.2) is 5.16 Å². The van der Waals surface area contributed by atoms with E-state index >= 15 is 0 Å². The monoisotopic (exact) mass is 458 g/mol. The summed E-state index contributed by atoms with van der Waals surface area (Å²) in [5, 5.41) is 64.4. The minimum absolute atomic E-state index is 0.0449. The molecule has 2 aliphatic heterocycles. The maximum absolute atomic E-state index is 12.9. The predicted octanol–water partition coefficient (Wildman–Crippen LogP) is -3.07. The zero-order chi connectivity index (χ0) is 23.3. The Hall–Kier alpha value is -1.67. The van der Waals surface area contributed by atoms with Gasteiger partial charge in [0, 0.05) is 24.8 Å². The van der Waals surface area contributed by atoms with Crippen LogP contribution in [0.4, 0.5) is 0 Å². The first kappa shape index (κ1) is 23.5. The van der Waals surface area contributed by atoms with Crippen LogP contribution in [0.25, 0.3) is 0 Å². The fourth-order valence-corrected chi connectivity index (χ4v) is 5.63. The summed E-state index contributed by atoms with van der Waals surface area (Å²) >= 11 is 0. The molecule has 12 heteroatoms. The van der Waals surface area contributed by atoms with Crippen molar-refractivity contribution in [1.82, 2.24) is 4.90 Å². The molecule has 2 heterocycles. The lowest BCUT2D eigenvalue weighted by atomic mass is 9.60. The summed E-state index contributed by atoms with van der Waals surface area (Å²) in [4.78, 5) is 32.0. The van der Waals surface area contributed by atoms with Crippen molar-refractivity contribution < 1.29 is 49.8 Å². The molecule has 2 amide bonds. The first-order valence-corrected chi connectivity index (χ1v) is 11.0. The van der Waals surface area contributed by atoms with Gasteiger partial charge in [0.1, 0.15) is 24.4 Å². The van der Waals surface area contributed by atoms with Crippen LogP contribution < -0.4 is 0 Å². The van der Waals surface area contributed by atoms with Crippen molar-refractivity contribution in [2.45, 2.75) is 69.1 Å². The van der Waals surface area contributed by atoms with Crippen molar-refractivity contribution >= 4 is 17.5 Å². The van der Waals surface area contributed by atoms with E-state index < -0.39 is 73.2 Å². The van der Waals surface area contributed by atoms with Crippen molar-refractivity contribution in [3.05, 3.63) is 0 Å². The van der Waals surface area contributed by atoms with Gasteiger partial charge in [-0.05, 0) is 19.8 Å². The standard InChI is InChI=1S/C20H30N2O10/c1-2-22-18(29)8-4-3-7-9(5-10(24)14(25)12(7)13(8)19(22)30)21-32-20-17(28)16(27)15(26)11(6-23)31-20/h7-8,10-17,20,23-28H,2-6H2,1H3/t7-,8-,10-,11-,12+,13-,14-,15-,16+,17-,20+/m1/s1. The van der Waals surface area contributed by atoms with Gasteiger partial charge in [-0.3, -0.25) is 14.5 Å². The molecule has 12 nitrogen and oxygen atoms in total. The van der Waals surface area contributed by atoms with Crippen LogP contribution in [-0.4, -0.2) is 109 Å². The van der Waals surface area contributed by atoms with Gasteiger partial charge in [-0.1, -0.05) is 5.16 Å². The zero-order valence-corrected chi connectivity index (χ0v) is 17.6. The van der Waals surface area contributed by atoms with Crippen LogP contribution in [0.2, 0.25) is 0 Å². The molecule has 180 valence electrons. The number of nitrogens with zero attached hydrogens (tertiary/aromatic N) is 2. The van der Waals surface area contributed by atoms with Crippen molar-refractivity contribution in [2.75, 3.05) is 13.2 Å². The van der Waals surface area contributed by atoms with Crippen LogP contribution in [0, 0.1) is 23.7 Å². The predicted molar refractivity (Wildman–Crippen MR) is 105 cm³/mol. The first-order valence-electron chi connectivity index (χ1n) is 11.0. The van der Waals surface area contributed by atoms with E-state index in [9.17, 15) is 40.2 Å². The number of carbonyl (C=O) groups is 2. The Kier molecular flexibility index (Phi) is 6.56. The quantitative estimate of drug-likeness (QED) is 0.186. The van der Waals surface area contributed by atoms with Gasteiger partial charge in [-0.2, -0.15) is 0 Å². The Morgan fingerprint density at radius 3 is 2.34 bits per heavy atom. The van der Waals surface area contributed by atoms with Crippen molar-refractivity contribution in [3.63, 3.8) is 0 Å². The topological polar surface area (TPSA) is 190 Å². The number of rotatable bonds is 4. The molecule has 2 aliphatic carbocycles. The second-order valence-corrected chi connectivity index (χ2v) is 8.96. The summed E-state index contributed by atoms with van der Waals surface area (Å²) in [7, 11) is 0. The average molecular weight is 458 g/mol. The molecule has 4 aliphatic rings. The molecule has 0 spiro atoms. The number of fused-ring (bicyclic) bond motifs is 3. The molecule has 4 fully saturated rings. The van der Waals surface area contributed by atoms with Gasteiger partial charge >= 0.3 is 0 Å². The van der Waals surface area contributed by atoms with Gasteiger partial charge < -0.3 is 40.2 Å². The maximum Gasteiger partial charge on any atom is 0.256 e. The number of aliphatic hydroxyl groups excluding tert-OH is 6. The number of hydrogen-bond acceptors (Lipinski definition) is 11. The van der Waals surface area contributed by atoms with Gasteiger partial charge in [0.2, 0.25) is 11.8 Å². The highest BCUT2D eigenvalue weighted by molar-refractivity contribution is 6.06. The molecule has 32 heavy (non-hydrogen) atoms. The van der Waals surface area contributed by atoms with Crippen LogP contribution in [0.3, 0.4) is 0 Å². The van der Waals surface area contributed by atoms with Gasteiger partial charge in [-0.25, -0.2) is 0 Å². The third kappa shape index (κ3) is 3.63. The van der Waals surface area contributed by atoms with Gasteiger partial charge in [0.15, 0.2) is 0 Å². The summed E-state index contributed by atoms with van der Waals surface area (Å²) in [5.74, 6) is -3.08. The Bertz CT molecular complexity index is 775. The normalized spacial score (nSPS) is 48.0. The highest BCUT2D eigenvalue weighted by atomic mass is 16.8. The molecule has 0 radical (unpaired) electrons. The molecular formula is C20H30N2O10. The molecule has 0 bridgehead atoms. The number of oxime groups is 1. The van der Waals surface area contributed by atoms with E-state index in [1.54, 1.807) is 6.92 Å². The summed E-state index contributed by atoms with van der Waals surface area (Å²) in [6.07, 6.45) is -9.08. The summed E-state index contributed by atoms with van der Waals surface area (Å²) in [6, 6.07) is 0. The average Bonchev–Trinajstić information content (AvgIpc) is 3.03. The van der Waals surface area contributed by atoms with E-state index in [4.69, 9.17) is 9.57 Å². The number of ether oxygens (including phenoxy) is 1. The van der Waals surface area contributed by atoms with E-state index in [-0.39, 0.29) is 24.8 Å². The molecule has 4 rings (SSSR count). The molecule has 11 atom stereocenters. The van der Waals surface area contributed by atoms with E-state index in [0.29, 0.717) is 18.6 Å². The molecule has 2 saturated heterocycles. The summed E-state index contributed by atoms with van der Waals surface area (Å²) in [5.41, 5.74) is 0.346. The van der Waals surface area contributed by atoms with Crippen LogP contribution in [0.5, 0.6) is 0 Å². The van der Waals surface area contributed by atoms with Gasteiger partial charge in [-0.15, -0.1) is 0 Å². The fourth-order valence-electron chi connectivity index (χ4n) is 5.63. The highest BCUT2D eigenvalue weighted by Gasteiger charge is 2.59. The van der Waals surface area contributed by atoms with E-state index in [1.165, 1.54) is 4.90 Å². The lowest BCUT2D eigenvalue weighted by molar-refractivity contribution is -0.301. The second kappa shape index (κ2) is 8.93. The summed E-state index contributed by atoms with van der Waals surface area (Å²) < 4.78 is 5.28. The number of amides is 2. The van der Waals surface area contributed by atoms with Crippen molar-refractivity contribution in [1.29, 1.82) is 0 Å². The number of imide groups is 1. The van der Waals surface area contributed by atoms with Crippen molar-refractivity contribution in [3.8, 4) is 0 Å². The molecule has 0 aromatic heterocycles. The largest absolute Gasteiger partial charge is 0.394 e. The van der Waals surface area contributed by atoms with Crippen LogP contribution >= 0.6 is 0 Å². The molecular weight excluding hydrogens is 428 g/mol. The van der Waals surface area contributed by atoms with E-state index in [1.807, 2.05) is 0 Å².